The summed E-state index contributed by atoms with van der Waals surface area (Å²) in [6, 6.07) is 7.95. The number of alkyl halides is 3. The molecule has 0 heterocycles. The third-order valence-corrected chi connectivity index (χ3v) is 2.60. The van der Waals surface area contributed by atoms with E-state index in [1.807, 2.05) is 24.3 Å². The highest BCUT2D eigenvalue weighted by molar-refractivity contribution is 5.22. The van der Waals surface area contributed by atoms with Gasteiger partial charge in [0.1, 0.15) is 0 Å². The van der Waals surface area contributed by atoms with Crippen LogP contribution < -0.4 is 11.1 Å². The van der Waals surface area contributed by atoms with Gasteiger partial charge in [-0.1, -0.05) is 24.3 Å². The van der Waals surface area contributed by atoms with Crippen LogP contribution in [0.4, 0.5) is 13.2 Å². The zero-order valence-corrected chi connectivity index (χ0v) is 10.3. The third kappa shape index (κ3) is 6.61. The lowest BCUT2D eigenvalue weighted by Crippen LogP contribution is -2.17. The second kappa shape index (κ2) is 7.38. The largest absolute Gasteiger partial charge is 0.389 e. The Morgan fingerprint density at radius 3 is 2.22 bits per heavy atom. The molecule has 0 unspecified atom stereocenters. The molecule has 3 N–H and O–H groups in total. The van der Waals surface area contributed by atoms with E-state index in [0.717, 1.165) is 12.0 Å². The molecule has 0 radical (unpaired) electrons. The van der Waals surface area contributed by atoms with Gasteiger partial charge in [-0.05, 0) is 37.1 Å². The van der Waals surface area contributed by atoms with Crippen LogP contribution in [0.15, 0.2) is 24.3 Å². The summed E-state index contributed by atoms with van der Waals surface area (Å²) in [5.74, 6) is 0. The normalized spacial score (nSPS) is 11.8. The predicted molar refractivity (Wildman–Crippen MR) is 66.2 cm³/mol. The standard InChI is InChI=1S/C13H19F3N2/c14-13(15,16)7-1-9-18-10-12-4-2-11(3-5-12)6-8-17/h2-5,18H,1,6-10,17H2. The van der Waals surface area contributed by atoms with Gasteiger partial charge < -0.3 is 11.1 Å². The summed E-state index contributed by atoms with van der Waals surface area (Å²) in [6.07, 6.45) is -3.81. The molecule has 18 heavy (non-hydrogen) atoms. The minimum absolute atomic E-state index is 0.120. The van der Waals surface area contributed by atoms with E-state index in [0.29, 0.717) is 19.6 Å². The Bertz CT molecular complexity index is 333. The van der Waals surface area contributed by atoms with Gasteiger partial charge >= 0.3 is 6.18 Å². The van der Waals surface area contributed by atoms with Gasteiger partial charge in [0.2, 0.25) is 0 Å². The third-order valence-electron chi connectivity index (χ3n) is 2.60. The Morgan fingerprint density at radius 1 is 1.06 bits per heavy atom. The van der Waals surface area contributed by atoms with E-state index in [4.69, 9.17) is 5.73 Å². The van der Waals surface area contributed by atoms with Gasteiger partial charge in [0.25, 0.3) is 0 Å². The zero-order valence-electron chi connectivity index (χ0n) is 10.3. The molecule has 2 nitrogen and oxygen atoms in total. The molecule has 0 bridgehead atoms. The summed E-state index contributed by atoms with van der Waals surface area (Å²) in [4.78, 5) is 0. The average molecular weight is 260 g/mol. The summed E-state index contributed by atoms with van der Waals surface area (Å²) < 4.78 is 35.7. The lowest BCUT2D eigenvalue weighted by molar-refractivity contribution is -0.135. The first-order valence-electron chi connectivity index (χ1n) is 6.06. The molecule has 1 aromatic rings. The smallest absolute Gasteiger partial charge is 0.330 e. The average Bonchev–Trinajstić information content (AvgIpc) is 2.30. The quantitative estimate of drug-likeness (QED) is 0.740. The molecule has 0 saturated heterocycles. The van der Waals surface area contributed by atoms with E-state index in [9.17, 15) is 13.2 Å². The maximum absolute atomic E-state index is 11.9. The molecule has 0 aliphatic carbocycles. The van der Waals surface area contributed by atoms with Crippen molar-refractivity contribution in [3.63, 3.8) is 0 Å². The van der Waals surface area contributed by atoms with Gasteiger partial charge in [0, 0.05) is 13.0 Å². The first-order valence-corrected chi connectivity index (χ1v) is 6.06. The highest BCUT2D eigenvalue weighted by atomic mass is 19.4. The highest BCUT2D eigenvalue weighted by Crippen LogP contribution is 2.20. The lowest BCUT2D eigenvalue weighted by atomic mass is 10.1. The molecule has 1 rings (SSSR count). The maximum atomic E-state index is 11.9. The van der Waals surface area contributed by atoms with Crippen LogP contribution in [0.2, 0.25) is 0 Å². The summed E-state index contributed by atoms with van der Waals surface area (Å²) in [5.41, 5.74) is 7.69. The number of hydrogen-bond acceptors (Lipinski definition) is 2. The van der Waals surface area contributed by atoms with Crippen molar-refractivity contribution < 1.29 is 13.2 Å². The molecular weight excluding hydrogens is 241 g/mol. The van der Waals surface area contributed by atoms with Crippen molar-refractivity contribution in [3.8, 4) is 0 Å². The summed E-state index contributed by atoms with van der Waals surface area (Å²) in [5, 5.41) is 3.00. The molecule has 0 saturated carbocycles. The van der Waals surface area contributed by atoms with Crippen LogP contribution in [0.5, 0.6) is 0 Å². The monoisotopic (exact) mass is 260 g/mol. The molecule has 102 valence electrons. The number of benzene rings is 1. The molecule has 0 spiro atoms. The van der Waals surface area contributed by atoms with E-state index >= 15 is 0 Å². The zero-order chi connectivity index (χ0) is 13.4. The topological polar surface area (TPSA) is 38.0 Å². The molecule has 0 fully saturated rings. The second-order valence-electron chi connectivity index (χ2n) is 4.25. The van der Waals surface area contributed by atoms with Crippen molar-refractivity contribution in [1.82, 2.24) is 5.32 Å². The second-order valence-corrected chi connectivity index (χ2v) is 4.25. The van der Waals surface area contributed by atoms with Crippen LogP contribution in [0, 0.1) is 0 Å². The van der Waals surface area contributed by atoms with Crippen molar-refractivity contribution in [1.29, 1.82) is 0 Å². The van der Waals surface area contributed by atoms with E-state index in [1.54, 1.807) is 0 Å². The van der Waals surface area contributed by atoms with Crippen LogP contribution >= 0.6 is 0 Å². The van der Waals surface area contributed by atoms with E-state index in [1.165, 1.54) is 5.56 Å². The molecular formula is C13H19F3N2. The molecule has 0 aliphatic heterocycles. The number of nitrogens with two attached hydrogens (primary N) is 1. The summed E-state index contributed by atoms with van der Waals surface area (Å²) in [6.45, 7) is 1.60. The number of halogens is 3. The van der Waals surface area contributed by atoms with Crippen molar-refractivity contribution in [2.45, 2.75) is 32.0 Å². The number of nitrogens with one attached hydrogen (secondary N) is 1. The molecule has 0 amide bonds. The Hall–Kier alpha value is -1.07. The van der Waals surface area contributed by atoms with E-state index in [2.05, 4.69) is 5.32 Å². The Kier molecular flexibility index (Phi) is 6.15. The van der Waals surface area contributed by atoms with Crippen LogP contribution in [0.1, 0.15) is 24.0 Å². The minimum atomic E-state index is -4.05. The fraction of sp³-hybridized carbons (Fsp3) is 0.538. The molecule has 0 atom stereocenters. The maximum Gasteiger partial charge on any atom is 0.389 e. The number of rotatable bonds is 7. The van der Waals surface area contributed by atoms with Crippen molar-refractivity contribution in [2.24, 2.45) is 5.73 Å². The van der Waals surface area contributed by atoms with E-state index < -0.39 is 12.6 Å². The molecule has 0 aliphatic rings. The Labute approximate surface area is 105 Å². The Morgan fingerprint density at radius 2 is 1.67 bits per heavy atom. The van der Waals surface area contributed by atoms with Gasteiger partial charge in [0.05, 0.1) is 0 Å². The van der Waals surface area contributed by atoms with Gasteiger partial charge in [0.15, 0.2) is 0 Å². The van der Waals surface area contributed by atoms with Gasteiger partial charge in [-0.3, -0.25) is 0 Å². The molecule has 0 aromatic heterocycles. The van der Waals surface area contributed by atoms with Crippen LogP contribution in [0.3, 0.4) is 0 Å². The van der Waals surface area contributed by atoms with Crippen molar-refractivity contribution in [3.05, 3.63) is 35.4 Å². The van der Waals surface area contributed by atoms with Crippen LogP contribution in [0.25, 0.3) is 0 Å². The summed E-state index contributed by atoms with van der Waals surface area (Å²) in [7, 11) is 0. The number of hydrogen-bond donors (Lipinski definition) is 2. The SMILES string of the molecule is NCCc1ccc(CNCCCC(F)(F)F)cc1. The highest BCUT2D eigenvalue weighted by Gasteiger charge is 2.25. The first kappa shape index (κ1) is 15.0. The van der Waals surface area contributed by atoms with Crippen molar-refractivity contribution in [2.75, 3.05) is 13.1 Å². The Balaban J connectivity index is 2.19. The molecule has 5 heteroatoms. The van der Waals surface area contributed by atoms with Crippen molar-refractivity contribution >= 4 is 0 Å². The fourth-order valence-electron chi connectivity index (χ4n) is 1.64. The lowest BCUT2D eigenvalue weighted by Gasteiger charge is -2.08. The van der Waals surface area contributed by atoms with Gasteiger partial charge in [-0.25, -0.2) is 0 Å². The van der Waals surface area contributed by atoms with Crippen LogP contribution in [-0.4, -0.2) is 19.3 Å². The van der Waals surface area contributed by atoms with Gasteiger partial charge in [-0.2, -0.15) is 13.2 Å². The first-order chi connectivity index (χ1) is 8.51. The molecule has 1 aromatic carbocycles. The van der Waals surface area contributed by atoms with E-state index in [-0.39, 0.29) is 6.42 Å². The predicted octanol–water partition coefficient (Wildman–Crippen LogP) is 2.62. The summed E-state index contributed by atoms with van der Waals surface area (Å²) >= 11 is 0. The minimum Gasteiger partial charge on any atom is -0.330 e. The van der Waals surface area contributed by atoms with Crippen LogP contribution in [-0.2, 0) is 13.0 Å². The fourth-order valence-corrected chi connectivity index (χ4v) is 1.64. The van der Waals surface area contributed by atoms with Gasteiger partial charge in [-0.15, -0.1) is 0 Å².